The quantitative estimate of drug-likeness (QED) is 0.595. The van der Waals surface area contributed by atoms with Gasteiger partial charge in [-0.2, -0.15) is 0 Å². The van der Waals surface area contributed by atoms with E-state index in [9.17, 15) is 4.79 Å². The number of hydrogen-bond acceptors (Lipinski definition) is 4. The Morgan fingerprint density at radius 3 is 2.95 bits per heavy atom. The van der Waals surface area contributed by atoms with Crippen LogP contribution in [0.25, 0.3) is 21.3 Å². The van der Waals surface area contributed by atoms with Crippen LogP contribution >= 0.6 is 11.3 Å². The number of para-hydroxylation sites is 1. The molecule has 0 bridgehead atoms. The summed E-state index contributed by atoms with van der Waals surface area (Å²) in [4.78, 5) is 23.8. The number of thiazole rings is 1. The number of anilines is 1. The number of aromatic nitrogens is 3. The van der Waals surface area contributed by atoms with Gasteiger partial charge in [-0.05, 0) is 30.3 Å². The van der Waals surface area contributed by atoms with Crippen molar-refractivity contribution < 1.29 is 4.79 Å². The lowest BCUT2D eigenvalue weighted by Crippen LogP contribution is -2.11. The normalized spacial score (nSPS) is 11.0. The Morgan fingerprint density at radius 1 is 1.14 bits per heavy atom. The Kier molecular flexibility index (Phi) is 2.68. The first-order valence-corrected chi connectivity index (χ1v) is 7.21. The maximum atomic E-state index is 12.3. The highest BCUT2D eigenvalue weighted by Crippen LogP contribution is 2.25. The van der Waals surface area contributed by atoms with Crippen LogP contribution in [0.15, 0.2) is 48.8 Å². The number of aromatic amines is 1. The Balaban J connectivity index is 1.64. The summed E-state index contributed by atoms with van der Waals surface area (Å²) in [7, 11) is 0. The summed E-state index contributed by atoms with van der Waals surface area (Å²) in [6.45, 7) is 0. The van der Waals surface area contributed by atoms with Gasteiger partial charge in [-0.25, -0.2) is 9.97 Å². The molecule has 1 amide bonds. The number of hydrogen-bond donors (Lipinski definition) is 2. The van der Waals surface area contributed by atoms with E-state index in [0.29, 0.717) is 10.7 Å². The number of rotatable bonds is 2. The number of fused-ring (bicyclic) bond motifs is 2. The van der Waals surface area contributed by atoms with Crippen molar-refractivity contribution in [2.24, 2.45) is 0 Å². The number of nitrogens with one attached hydrogen (secondary N) is 2. The number of carbonyl (C=O) groups excluding carboxylic acids is 1. The Bertz CT molecular complexity index is 923. The van der Waals surface area contributed by atoms with E-state index in [0.717, 1.165) is 21.3 Å². The smallest absolute Gasteiger partial charge is 0.257 e. The predicted octanol–water partition coefficient (Wildman–Crippen LogP) is 3.42. The molecule has 0 unspecified atom stereocenters. The van der Waals surface area contributed by atoms with Crippen LogP contribution in [0.1, 0.15) is 10.4 Å². The van der Waals surface area contributed by atoms with Crippen molar-refractivity contribution in [2.45, 2.75) is 0 Å². The van der Waals surface area contributed by atoms with Crippen molar-refractivity contribution in [1.82, 2.24) is 15.0 Å². The molecule has 4 aromatic rings. The fourth-order valence-electron chi connectivity index (χ4n) is 2.17. The molecule has 102 valence electrons. The van der Waals surface area contributed by atoms with Crippen LogP contribution in [0.2, 0.25) is 0 Å². The van der Waals surface area contributed by atoms with Crippen molar-refractivity contribution in [1.29, 1.82) is 0 Å². The van der Waals surface area contributed by atoms with Gasteiger partial charge in [-0.3, -0.25) is 10.1 Å². The van der Waals surface area contributed by atoms with Crippen LogP contribution in [0.3, 0.4) is 0 Å². The molecule has 0 aliphatic rings. The van der Waals surface area contributed by atoms with E-state index in [4.69, 9.17) is 0 Å². The molecule has 2 aromatic heterocycles. The minimum Gasteiger partial charge on any atom is -0.345 e. The van der Waals surface area contributed by atoms with Crippen LogP contribution in [0, 0.1) is 0 Å². The Morgan fingerprint density at radius 2 is 2.05 bits per heavy atom. The zero-order chi connectivity index (χ0) is 14.2. The topological polar surface area (TPSA) is 70.7 Å². The molecule has 0 radical (unpaired) electrons. The van der Waals surface area contributed by atoms with E-state index in [-0.39, 0.29) is 5.91 Å². The third-order valence-corrected chi connectivity index (χ3v) is 4.15. The van der Waals surface area contributed by atoms with Gasteiger partial charge in [0.2, 0.25) is 0 Å². The predicted molar refractivity (Wildman–Crippen MR) is 83.7 cm³/mol. The second-order valence-electron chi connectivity index (χ2n) is 4.58. The number of amides is 1. The third-order valence-electron chi connectivity index (χ3n) is 3.20. The lowest BCUT2D eigenvalue weighted by atomic mass is 10.2. The summed E-state index contributed by atoms with van der Waals surface area (Å²) < 4.78 is 1.05. The number of benzene rings is 2. The summed E-state index contributed by atoms with van der Waals surface area (Å²) in [5.74, 6) is -0.175. The second-order valence-corrected chi connectivity index (χ2v) is 5.61. The molecule has 5 nitrogen and oxygen atoms in total. The van der Waals surface area contributed by atoms with E-state index >= 15 is 0 Å². The lowest BCUT2D eigenvalue weighted by Gasteiger charge is -2.01. The average Bonchev–Trinajstić information content (AvgIpc) is 3.11. The monoisotopic (exact) mass is 294 g/mol. The van der Waals surface area contributed by atoms with Crippen molar-refractivity contribution in [3.8, 4) is 0 Å². The van der Waals surface area contributed by atoms with Crippen LogP contribution in [0.4, 0.5) is 5.13 Å². The molecule has 0 saturated carbocycles. The molecule has 2 N–H and O–H groups in total. The van der Waals surface area contributed by atoms with Crippen LogP contribution < -0.4 is 5.32 Å². The Labute approximate surface area is 123 Å². The van der Waals surface area contributed by atoms with Crippen molar-refractivity contribution in [3.63, 3.8) is 0 Å². The van der Waals surface area contributed by atoms with Gasteiger partial charge < -0.3 is 4.98 Å². The third kappa shape index (κ3) is 2.15. The van der Waals surface area contributed by atoms with Crippen molar-refractivity contribution in [2.75, 3.05) is 5.32 Å². The first kappa shape index (κ1) is 12.0. The van der Waals surface area contributed by atoms with Crippen molar-refractivity contribution >= 4 is 43.6 Å². The standard InChI is InChI=1S/C15H10N4OS/c20-14(9-5-6-10-12(7-9)17-8-16-10)19-15-18-11-3-1-2-4-13(11)21-15/h1-8H,(H,16,17)(H,18,19,20). The molecule has 0 fully saturated rings. The van der Waals surface area contributed by atoms with E-state index in [2.05, 4.69) is 20.3 Å². The molecule has 4 rings (SSSR count). The molecular formula is C15H10N4OS. The van der Waals surface area contributed by atoms with E-state index < -0.39 is 0 Å². The maximum absolute atomic E-state index is 12.3. The van der Waals surface area contributed by atoms with Gasteiger partial charge in [0.15, 0.2) is 5.13 Å². The fourth-order valence-corrected chi connectivity index (χ4v) is 3.03. The molecule has 0 spiro atoms. The molecule has 0 aliphatic heterocycles. The van der Waals surface area contributed by atoms with Gasteiger partial charge >= 0.3 is 0 Å². The maximum Gasteiger partial charge on any atom is 0.257 e. The SMILES string of the molecule is O=C(Nc1nc2ccccc2s1)c1ccc2nc[nH]c2c1. The van der Waals surface area contributed by atoms with Gasteiger partial charge in [0, 0.05) is 5.56 Å². The zero-order valence-corrected chi connectivity index (χ0v) is 11.6. The highest BCUT2D eigenvalue weighted by atomic mass is 32.1. The van der Waals surface area contributed by atoms with E-state index in [1.807, 2.05) is 30.3 Å². The number of imidazole rings is 1. The van der Waals surface area contributed by atoms with Gasteiger partial charge in [0.25, 0.3) is 5.91 Å². The summed E-state index contributed by atoms with van der Waals surface area (Å²) in [6, 6.07) is 13.2. The van der Waals surface area contributed by atoms with Crippen molar-refractivity contribution in [3.05, 3.63) is 54.4 Å². The van der Waals surface area contributed by atoms with Crippen LogP contribution in [0.5, 0.6) is 0 Å². The molecule has 2 heterocycles. The van der Waals surface area contributed by atoms with Gasteiger partial charge in [0.05, 0.1) is 27.6 Å². The van der Waals surface area contributed by atoms with Gasteiger partial charge in [0.1, 0.15) is 0 Å². The van der Waals surface area contributed by atoms with E-state index in [1.165, 1.54) is 11.3 Å². The highest BCUT2D eigenvalue weighted by molar-refractivity contribution is 7.22. The number of carbonyl (C=O) groups is 1. The second kappa shape index (κ2) is 4.68. The molecule has 21 heavy (non-hydrogen) atoms. The minimum atomic E-state index is -0.175. The first-order chi connectivity index (χ1) is 10.3. The molecule has 0 saturated heterocycles. The minimum absolute atomic E-state index is 0.175. The van der Waals surface area contributed by atoms with Gasteiger partial charge in [-0.15, -0.1) is 0 Å². The molecular weight excluding hydrogens is 284 g/mol. The molecule has 0 atom stereocenters. The highest BCUT2D eigenvalue weighted by Gasteiger charge is 2.10. The summed E-state index contributed by atoms with van der Waals surface area (Å²) >= 11 is 1.46. The molecule has 6 heteroatoms. The lowest BCUT2D eigenvalue weighted by molar-refractivity contribution is 0.102. The Hall–Kier alpha value is -2.73. The van der Waals surface area contributed by atoms with Crippen LogP contribution in [-0.4, -0.2) is 20.9 Å². The largest absolute Gasteiger partial charge is 0.345 e. The fraction of sp³-hybridized carbons (Fsp3) is 0. The summed E-state index contributed by atoms with van der Waals surface area (Å²) in [6.07, 6.45) is 1.61. The first-order valence-electron chi connectivity index (χ1n) is 6.40. The summed E-state index contributed by atoms with van der Waals surface area (Å²) in [5, 5.41) is 3.44. The molecule has 2 aromatic carbocycles. The van der Waals surface area contributed by atoms with Gasteiger partial charge in [-0.1, -0.05) is 23.5 Å². The van der Waals surface area contributed by atoms with Crippen LogP contribution in [-0.2, 0) is 0 Å². The number of H-pyrrole nitrogens is 1. The average molecular weight is 294 g/mol. The zero-order valence-electron chi connectivity index (χ0n) is 10.8. The molecule has 0 aliphatic carbocycles. The number of nitrogens with zero attached hydrogens (tertiary/aromatic N) is 2. The summed E-state index contributed by atoms with van der Waals surface area (Å²) in [5.41, 5.74) is 3.14. The van der Waals surface area contributed by atoms with E-state index in [1.54, 1.807) is 18.5 Å².